The molecule has 0 bridgehead atoms. The minimum Gasteiger partial charge on any atom is -0.324 e. The lowest BCUT2D eigenvalue weighted by molar-refractivity contribution is 0.874. The van der Waals surface area contributed by atoms with Gasteiger partial charge < -0.3 is 5.32 Å². The van der Waals surface area contributed by atoms with Crippen molar-refractivity contribution in [1.29, 1.82) is 0 Å². The second-order valence-electron chi connectivity index (χ2n) is 5.10. The third kappa shape index (κ3) is 3.38. The zero-order valence-corrected chi connectivity index (χ0v) is 12.2. The number of rotatable bonds is 4. The highest BCUT2D eigenvalue weighted by molar-refractivity contribution is 5.51. The molecule has 5 nitrogen and oxygen atoms in total. The number of H-pyrrole nitrogens is 1. The zero-order chi connectivity index (χ0) is 15.4. The van der Waals surface area contributed by atoms with E-state index in [1.165, 1.54) is 5.56 Å². The van der Waals surface area contributed by atoms with Gasteiger partial charge in [0.2, 0.25) is 5.95 Å². The van der Waals surface area contributed by atoms with Crippen molar-refractivity contribution in [3.05, 3.63) is 81.8 Å². The fourth-order valence-corrected chi connectivity index (χ4v) is 2.09. The van der Waals surface area contributed by atoms with E-state index in [2.05, 4.69) is 20.5 Å². The van der Waals surface area contributed by atoms with Crippen molar-refractivity contribution in [3.8, 4) is 0 Å². The minimum absolute atomic E-state index is 0.228. The number of nitrogens with zero attached hydrogens (tertiary/aromatic N) is 2. The number of aryl methyl sites for hydroxylation is 1. The molecule has 5 heteroatoms. The van der Waals surface area contributed by atoms with E-state index in [1.807, 2.05) is 61.5 Å². The summed E-state index contributed by atoms with van der Waals surface area (Å²) in [5.74, 6) is 0.337. The first-order valence-electron chi connectivity index (χ1n) is 7.04. The molecule has 0 aliphatic carbocycles. The fraction of sp³-hybridized carbons (Fsp3) is 0.118. The molecule has 0 spiro atoms. The molecular formula is C17H16N4O. The number of nitrogens with one attached hydrogen (secondary N) is 2. The second kappa shape index (κ2) is 6.22. The van der Waals surface area contributed by atoms with Crippen molar-refractivity contribution in [2.75, 3.05) is 5.32 Å². The first-order chi connectivity index (χ1) is 10.7. The minimum atomic E-state index is -0.228. The van der Waals surface area contributed by atoms with Gasteiger partial charge in [-0.15, -0.1) is 10.2 Å². The average Bonchev–Trinajstić information content (AvgIpc) is 2.53. The van der Waals surface area contributed by atoms with Crippen LogP contribution in [0.15, 0.2) is 59.4 Å². The van der Waals surface area contributed by atoms with Crippen LogP contribution in [0.2, 0.25) is 0 Å². The Balaban J connectivity index is 1.77. The smallest absolute Gasteiger partial charge is 0.274 e. The Morgan fingerprint density at radius 2 is 1.73 bits per heavy atom. The molecule has 110 valence electrons. The predicted octanol–water partition coefficient (Wildman–Crippen LogP) is 2.81. The molecule has 2 N–H and O–H groups in total. The molecule has 0 unspecified atom stereocenters. The van der Waals surface area contributed by atoms with Crippen LogP contribution in [-0.2, 0) is 6.42 Å². The maximum absolute atomic E-state index is 12.1. The highest BCUT2D eigenvalue weighted by atomic mass is 16.1. The molecular weight excluding hydrogens is 276 g/mol. The van der Waals surface area contributed by atoms with Crippen LogP contribution in [0.3, 0.4) is 0 Å². The van der Waals surface area contributed by atoms with Crippen LogP contribution < -0.4 is 10.9 Å². The van der Waals surface area contributed by atoms with Crippen LogP contribution in [0, 0.1) is 6.92 Å². The average molecular weight is 292 g/mol. The van der Waals surface area contributed by atoms with E-state index in [4.69, 9.17) is 0 Å². The van der Waals surface area contributed by atoms with Gasteiger partial charge in [-0.3, -0.25) is 9.78 Å². The molecule has 0 saturated heterocycles. The number of benzene rings is 2. The first-order valence-corrected chi connectivity index (χ1v) is 7.04. The van der Waals surface area contributed by atoms with Gasteiger partial charge in [-0.1, -0.05) is 48.0 Å². The number of aromatic amines is 1. The molecule has 0 amide bonds. The lowest BCUT2D eigenvalue weighted by atomic mass is 10.1. The summed E-state index contributed by atoms with van der Waals surface area (Å²) in [6, 6.07) is 17.5. The molecule has 3 rings (SSSR count). The van der Waals surface area contributed by atoms with E-state index in [9.17, 15) is 4.79 Å². The first kappa shape index (κ1) is 14.0. The van der Waals surface area contributed by atoms with Crippen LogP contribution in [0.4, 0.5) is 11.6 Å². The van der Waals surface area contributed by atoms with Gasteiger partial charge in [0.1, 0.15) is 5.69 Å². The molecule has 0 aliphatic heterocycles. The summed E-state index contributed by atoms with van der Waals surface area (Å²) in [6.07, 6.45) is 0.466. The van der Waals surface area contributed by atoms with Crippen molar-refractivity contribution in [3.63, 3.8) is 0 Å². The van der Waals surface area contributed by atoms with Crippen LogP contribution >= 0.6 is 0 Å². The Morgan fingerprint density at radius 1 is 1.00 bits per heavy atom. The maximum atomic E-state index is 12.1. The maximum Gasteiger partial charge on any atom is 0.274 e. The molecule has 1 aromatic heterocycles. The van der Waals surface area contributed by atoms with Crippen LogP contribution in [0.25, 0.3) is 0 Å². The standard InChI is InChI=1S/C17H16N4O/c1-12-7-9-13(10-8-12)11-15-16(22)19-17(21-20-15)18-14-5-3-2-4-6-14/h2-10H,11H2,1H3,(H2,18,19,21,22). The number of anilines is 2. The number of hydrogen-bond donors (Lipinski definition) is 2. The lowest BCUT2D eigenvalue weighted by Gasteiger charge is -2.05. The fourth-order valence-electron chi connectivity index (χ4n) is 2.09. The normalized spacial score (nSPS) is 10.4. The number of hydrogen-bond acceptors (Lipinski definition) is 4. The Bertz CT molecular complexity index is 810. The molecule has 0 atom stereocenters. The molecule has 22 heavy (non-hydrogen) atoms. The van der Waals surface area contributed by atoms with E-state index in [-0.39, 0.29) is 5.56 Å². The summed E-state index contributed by atoms with van der Waals surface area (Å²) in [4.78, 5) is 14.8. The van der Waals surface area contributed by atoms with Gasteiger partial charge in [-0.05, 0) is 24.6 Å². The van der Waals surface area contributed by atoms with Crippen LogP contribution in [-0.4, -0.2) is 15.2 Å². The number of para-hydroxylation sites is 1. The quantitative estimate of drug-likeness (QED) is 0.775. The summed E-state index contributed by atoms with van der Waals surface area (Å²) in [5.41, 5.74) is 3.25. The third-order valence-electron chi connectivity index (χ3n) is 3.29. The lowest BCUT2D eigenvalue weighted by Crippen LogP contribution is -2.18. The van der Waals surface area contributed by atoms with Gasteiger partial charge >= 0.3 is 0 Å². The van der Waals surface area contributed by atoms with Gasteiger partial charge in [-0.2, -0.15) is 0 Å². The Labute approximate surface area is 128 Å². The van der Waals surface area contributed by atoms with Crippen molar-refractivity contribution in [2.45, 2.75) is 13.3 Å². The Hall–Kier alpha value is -2.95. The van der Waals surface area contributed by atoms with Gasteiger partial charge in [0.05, 0.1) is 0 Å². The molecule has 0 saturated carbocycles. The summed E-state index contributed by atoms with van der Waals surface area (Å²) in [7, 11) is 0. The molecule has 1 heterocycles. The van der Waals surface area contributed by atoms with E-state index in [0.29, 0.717) is 18.1 Å². The summed E-state index contributed by atoms with van der Waals surface area (Å²) in [5, 5.41) is 11.1. The van der Waals surface area contributed by atoms with Gasteiger partial charge in [-0.25, -0.2) is 0 Å². The molecule has 0 radical (unpaired) electrons. The van der Waals surface area contributed by atoms with Crippen molar-refractivity contribution in [1.82, 2.24) is 15.2 Å². The molecule has 0 fully saturated rings. The molecule has 2 aromatic carbocycles. The Kier molecular flexibility index (Phi) is 3.96. The summed E-state index contributed by atoms with van der Waals surface area (Å²) >= 11 is 0. The predicted molar refractivity (Wildman–Crippen MR) is 86.4 cm³/mol. The molecule has 0 aliphatic rings. The number of aromatic nitrogens is 3. The van der Waals surface area contributed by atoms with E-state index < -0.39 is 0 Å². The van der Waals surface area contributed by atoms with Crippen molar-refractivity contribution in [2.24, 2.45) is 0 Å². The highest BCUT2D eigenvalue weighted by Gasteiger charge is 2.06. The van der Waals surface area contributed by atoms with Crippen molar-refractivity contribution >= 4 is 11.6 Å². The monoisotopic (exact) mass is 292 g/mol. The third-order valence-corrected chi connectivity index (χ3v) is 3.29. The zero-order valence-electron chi connectivity index (χ0n) is 12.2. The van der Waals surface area contributed by atoms with Crippen LogP contribution in [0.1, 0.15) is 16.8 Å². The topological polar surface area (TPSA) is 70.7 Å². The van der Waals surface area contributed by atoms with E-state index in [0.717, 1.165) is 11.3 Å². The largest absolute Gasteiger partial charge is 0.324 e. The van der Waals surface area contributed by atoms with Gasteiger partial charge in [0.15, 0.2) is 0 Å². The van der Waals surface area contributed by atoms with Crippen LogP contribution in [0.5, 0.6) is 0 Å². The van der Waals surface area contributed by atoms with E-state index >= 15 is 0 Å². The summed E-state index contributed by atoms with van der Waals surface area (Å²) < 4.78 is 0. The van der Waals surface area contributed by atoms with E-state index in [1.54, 1.807) is 0 Å². The second-order valence-corrected chi connectivity index (χ2v) is 5.10. The SMILES string of the molecule is Cc1ccc(Cc2nnc(Nc3ccccc3)[nH]c2=O)cc1. The van der Waals surface area contributed by atoms with Gasteiger partial charge in [0.25, 0.3) is 5.56 Å². The highest BCUT2D eigenvalue weighted by Crippen LogP contribution is 2.10. The van der Waals surface area contributed by atoms with Gasteiger partial charge in [0, 0.05) is 12.1 Å². The van der Waals surface area contributed by atoms with Crippen molar-refractivity contribution < 1.29 is 0 Å². The Morgan fingerprint density at radius 3 is 2.41 bits per heavy atom. The molecule has 3 aromatic rings. The summed E-state index contributed by atoms with van der Waals surface area (Å²) in [6.45, 7) is 2.03.